The van der Waals surface area contributed by atoms with E-state index in [4.69, 9.17) is 5.11 Å². The zero-order valence-corrected chi connectivity index (χ0v) is 8.40. The normalized spacial score (nSPS) is 10.2. The van der Waals surface area contributed by atoms with E-state index in [0.717, 1.165) is 0 Å². The fourth-order valence-corrected chi connectivity index (χ4v) is 1.97. The largest absolute Gasteiger partial charge is 0.478 e. The standard InChI is InChI=1S/C9H12O2Si/c1-12(2)8-5-3-7(4-6-8)9(10)11/h3-6,12H,1-2H3,(H,10,11). The maximum atomic E-state index is 10.5. The van der Waals surface area contributed by atoms with Gasteiger partial charge in [-0.05, 0) is 12.1 Å². The van der Waals surface area contributed by atoms with Crippen LogP contribution < -0.4 is 5.19 Å². The molecule has 3 heteroatoms. The third-order valence-electron chi connectivity index (χ3n) is 1.82. The van der Waals surface area contributed by atoms with Gasteiger partial charge in [0.05, 0.1) is 14.4 Å². The molecule has 2 nitrogen and oxygen atoms in total. The van der Waals surface area contributed by atoms with E-state index in [0.29, 0.717) is 5.56 Å². The molecule has 0 saturated heterocycles. The van der Waals surface area contributed by atoms with Gasteiger partial charge in [0.25, 0.3) is 0 Å². The second-order valence-corrected chi connectivity index (χ2v) is 6.06. The first-order valence-corrected chi connectivity index (χ1v) is 6.83. The van der Waals surface area contributed by atoms with Gasteiger partial charge in [0.1, 0.15) is 0 Å². The molecule has 0 aliphatic carbocycles. The Morgan fingerprint density at radius 2 is 1.75 bits per heavy atom. The fraction of sp³-hybridized carbons (Fsp3) is 0.222. The van der Waals surface area contributed by atoms with E-state index in [-0.39, 0.29) is 0 Å². The molecule has 0 aliphatic heterocycles. The molecule has 12 heavy (non-hydrogen) atoms. The van der Waals surface area contributed by atoms with E-state index in [9.17, 15) is 4.79 Å². The molecule has 1 aromatic carbocycles. The zero-order chi connectivity index (χ0) is 9.14. The van der Waals surface area contributed by atoms with Crippen molar-refractivity contribution in [1.29, 1.82) is 0 Å². The number of aromatic carboxylic acids is 1. The number of carboxylic acids is 1. The lowest BCUT2D eigenvalue weighted by molar-refractivity contribution is 0.0697. The number of carboxylic acid groups (broad SMARTS) is 1. The lowest BCUT2D eigenvalue weighted by Crippen LogP contribution is -2.22. The van der Waals surface area contributed by atoms with Gasteiger partial charge in [0.15, 0.2) is 0 Å². The molecule has 1 N–H and O–H groups in total. The van der Waals surface area contributed by atoms with Crippen LogP contribution in [0.1, 0.15) is 10.4 Å². The highest BCUT2D eigenvalue weighted by molar-refractivity contribution is 6.70. The first-order valence-electron chi connectivity index (χ1n) is 3.94. The average molecular weight is 180 g/mol. The van der Waals surface area contributed by atoms with Crippen molar-refractivity contribution in [3.8, 4) is 0 Å². The highest BCUT2D eigenvalue weighted by Gasteiger charge is 2.03. The molecule has 0 atom stereocenters. The summed E-state index contributed by atoms with van der Waals surface area (Å²) in [4.78, 5) is 10.5. The Bertz CT molecular complexity index is 277. The molecule has 0 amide bonds. The molecular weight excluding hydrogens is 168 g/mol. The first kappa shape index (κ1) is 9.00. The molecule has 0 aliphatic rings. The minimum absolute atomic E-state index is 0.369. The van der Waals surface area contributed by atoms with Gasteiger partial charge in [-0.2, -0.15) is 0 Å². The summed E-state index contributed by atoms with van der Waals surface area (Å²) in [6.45, 7) is 4.44. The Morgan fingerprint density at radius 1 is 1.25 bits per heavy atom. The Hall–Kier alpha value is -1.09. The summed E-state index contributed by atoms with van der Waals surface area (Å²) in [6, 6.07) is 7.18. The predicted molar refractivity (Wildman–Crippen MR) is 51.9 cm³/mol. The van der Waals surface area contributed by atoms with E-state index < -0.39 is 14.8 Å². The second kappa shape index (κ2) is 3.54. The average Bonchev–Trinajstić information content (AvgIpc) is 2.04. The van der Waals surface area contributed by atoms with Crippen molar-refractivity contribution in [2.45, 2.75) is 13.1 Å². The van der Waals surface area contributed by atoms with E-state index in [1.807, 2.05) is 12.1 Å². The lowest BCUT2D eigenvalue weighted by atomic mass is 10.2. The highest BCUT2D eigenvalue weighted by Crippen LogP contribution is 1.97. The van der Waals surface area contributed by atoms with Crippen molar-refractivity contribution >= 4 is 20.0 Å². The van der Waals surface area contributed by atoms with E-state index >= 15 is 0 Å². The van der Waals surface area contributed by atoms with Gasteiger partial charge in [-0.1, -0.05) is 30.4 Å². The molecule has 0 radical (unpaired) electrons. The molecule has 0 heterocycles. The molecule has 0 aromatic heterocycles. The van der Waals surface area contributed by atoms with Crippen LogP contribution in [0.2, 0.25) is 13.1 Å². The molecule has 1 aromatic rings. The quantitative estimate of drug-likeness (QED) is 0.691. The monoisotopic (exact) mass is 180 g/mol. The van der Waals surface area contributed by atoms with Crippen LogP contribution in [0.4, 0.5) is 0 Å². The van der Waals surface area contributed by atoms with Crippen molar-refractivity contribution in [3.63, 3.8) is 0 Å². The molecule has 0 fully saturated rings. The van der Waals surface area contributed by atoms with Crippen LogP contribution in [0.5, 0.6) is 0 Å². The van der Waals surface area contributed by atoms with Crippen LogP contribution in [0, 0.1) is 0 Å². The molecule has 1 rings (SSSR count). The summed E-state index contributed by atoms with van der Waals surface area (Å²) < 4.78 is 0. The van der Waals surface area contributed by atoms with Crippen LogP contribution in [-0.4, -0.2) is 19.9 Å². The summed E-state index contributed by atoms with van der Waals surface area (Å²) >= 11 is 0. The van der Waals surface area contributed by atoms with E-state index in [1.54, 1.807) is 12.1 Å². The zero-order valence-electron chi connectivity index (χ0n) is 7.24. The van der Waals surface area contributed by atoms with Crippen molar-refractivity contribution in [2.75, 3.05) is 0 Å². The van der Waals surface area contributed by atoms with E-state index in [2.05, 4.69) is 13.1 Å². The van der Waals surface area contributed by atoms with Gasteiger partial charge < -0.3 is 5.11 Å². The first-order chi connectivity index (χ1) is 5.61. The number of carbonyl (C=O) groups is 1. The summed E-state index contributed by atoms with van der Waals surface area (Å²) in [5.41, 5.74) is 0.369. The summed E-state index contributed by atoms with van der Waals surface area (Å²) in [7, 11) is -0.774. The third kappa shape index (κ3) is 1.95. The Balaban J connectivity index is 2.93. The maximum absolute atomic E-state index is 10.5. The summed E-state index contributed by atoms with van der Waals surface area (Å²) in [5, 5.41) is 9.93. The van der Waals surface area contributed by atoms with Crippen molar-refractivity contribution in [1.82, 2.24) is 0 Å². The van der Waals surface area contributed by atoms with Crippen LogP contribution in [0.25, 0.3) is 0 Å². The predicted octanol–water partition coefficient (Wildman–Crippen LogP) is 1.08. The smallest absolute Gasteiger partial charge is 0.335 e. The van der Waals surface area contributed by atoms with Crippen LogP contribution in [-0.2, 0) is 0 Å². The maximum Gasteiger partial charge on any atom is 0.335 e. The molecule has 0 spiro atoms. The Morgan fingerprint density at radius 3 is 2.08 bits per heavy atom. The SMILES string of the molecule is C[SiH](C)c1ccc(C(=O)O)cc1. The van der Waals surface area contributed by atoms with Crippen LogP contribution in [0.15, 0.2) is 24.3 Å². The van der Waals surface area contributed by atoms with Crippen LogP contribution in [0.3, 0.4) is 0 Å². The lowest BCUT2D eigenvalue weighted by Gasteiger charge is -2.02. The van der Waals surface area contributed by atoms with Crippen LogP contribution >= 0.6 is 0 Å². The van der Waals surface area contributed by atoms with Gasteiger partial charge in [-0.3, -0.25) is 0 Å². The van der Waals surface area contributed by atoms with Gasteiger partial charge >= 0.3 is 5.97 Å². The van der Waals surface area contributed by atoms with E-state index in [1.165, 1.54) is 5.19 Å². The summed E-state index contributed by atoms with van der Waals surface area (Å²) in [5.74, 6) is -0.855. The molecule has 64 valence electrons. The number of rotatable bonds is 2. The van der Waals surface area contributed by atoms with Gasteiger partial charge in [0, 0.05) is 0 Å². The Kier molecular flexibility index (Phi) is 2.65. The number of hydrogen-bond donors (Lipinski definition) is 1. The topological polar surface area (TPSA) is 37.3 Å². The van der Waals surface area contributed by atoms with Gasteiger partial charge in [-0.25, -0.2) is 4.79 Å². The second-order valence-electron chi connectivity index (χ2n) is 3.08. The fourth-order valence-electron chi connectivity index (χ4n) is 1.01. The molecular formula is C9H12O2Si. The minimum atomic E-state index is -0.855. The van der Waals surface area contributed by atoms with Gasteiger partial charge in [-0.15, -0.1) is 0 Å². The molecule has 0 unspecified atom stereocenters. The minimum Gasteiger partial charge on any atom is -0.478 e. The van der Waals surface area contributed by atoms with Gasteiger partial charge in [0.2, 0.25) is 0 Å². The molecule has 0 saturated carbocycles. The highest BCUT2D eigenvalue weighted by atomic mass is 28.3. The van der Waals surface area contributed by atoms with Crippen molar-refractivity contribution < 1.29 is 9.90 Å². The number of benzene rings is 1. The molecule has 0 bridgehead atoms. The summed E-state index contributed by atoms with van der Waals surface area (Å²) in [6.07, 6.45) is 0. The third-order valence-corrected chi connectivity index (χ3v) is 3.54. The Labute approximate surface area is 73.5 Å². The number of hydrogen-bond acceptors (Lipinski definition) is 1. The van der Waals surface area contributed by atoms with Crippen molar-refractivity contribution in [2.24, 2.45) is 0 Å². The van der Waals surface area contributed by atoms with Crippen molar-refractivity contribution in [3.05, 3.63) is 29.8 Å².